The van der Waals surface area contributed by atoms with E-state index in [2.05, 4.69) is 0 Å². The van der Waals surface area contributed by atoms with Gasteiger partial charge in [-0.3, -0.25) is 14.2 Å². The number of anilines is 1. The van der Waals surface area contributed by atoms with Crippen molar-refractivity contribution in [3.63, 3.8) is 0 Å². The molecule has 6 nitrogen and oxygen atoms in total. The van der Waals surface area contributed by atoms with Gasteiger partial charge in [0, 0.05) is 37.2 Å². The second-order valence-electron chi connectivity index (χ2n) is 8.03. The van der Waals surface area contributed by atoms with Gasteiger partial charge in [-0.05, 0) is 54.6 Å². The Morgan fingerprint density at radius 1 is 1.13 bits per heavy atom. The van der Waals surface area contributed by atoms with Crippen LogP contribution in [-0.2, 0) is 9.53 Å². The van der Waals surface area contributed by atoms with Crippen LogP contribution in [0.1, 0.15) is 19.3 Å². The molecule has 2 aromatic carbocycles. The van der Waals surface area contributed by atoms with E-state index >= 15 is 0 Å². The zero-order valence-corrected chi connectivity index (χ0v) is 17.1. The smallest absolute Gasteiger partial charge is 0.262 e. The van der Waals surface area contributed by atoms with E-state index in [1.807, 2.05) is 12.1 Å². The topological polar surface area (TPSA) is 60.8 Å². The number of ether oxygens (including phenoxy) is 2. The van der Waals surface area contributed by atoms with Gasteiger partial charge in [-0.15, -0.1) is 0 Å². The van der Waals surface area contributed by atoms with E-state index in [0.717, 1.165) is 24.8 Å². The molecule has 2 aliphatic heterocycles. The van der Waals surface area contributed by atoms with Crippen LogP contribution in [0.3, 0.4) is 0 Å². The van der Waals surface area contributed by atoms with Crippen LogP contribution in [0.25, 0.3) is 16.5 Å². The lowest BCUT2D eigenvalue weighted by atomic mass is 10.1. The lowest BCUT2D eigenvalue weighted by Gasteiger charge is -2.18. The van der Waals surface area contributed by atoms with Crippen LogP contribution in [-0.4, -0.2) is 42.8 Å². The number of hydrogen-bond acceptors (Lipinski definition) is 5. The summed E-state index contributed by atoms with van der Waals surface area (Å²) in [6.45, 7) is 2.02. The fourth-order valence-corrected chi connectivity index (χ4v) is 4.22. The molecule has 0 saturated carbocycles. The molecule has 2 saturated heterocycles. The molecule has 31 heavy (non-hydrogen) atoms. The average molecular weight is 422 g/mol. The number of rotatable bonds is 5. The molecular weight excluding hydrogens is 399 g/mol. The third kappa shape index (κ3) is 3.93. The van der Waals surface area contributed by atoms with Crippen LogP contribution in [0.15, 0.2) is 53.5 Å². The molecule has 160 valence electrons. The maximum Gasteiger partial charge on any atom is 0.262 e. The van der Waals surface area contributed by atoms with Crippen molar-refractivity contribution in [1.29, 1.82) is 0 Å². The van der Waals surface area contributed by atoms with E-state index < -0.39 is 5.82 Å². The summed E-state index contributed by atoms with van der Waals surface area (Å²) in [7, 11) is 0. The number of ketones is 1. The number of carbonyl (C=O) groups is 1. The van der Waals surface area contributed by atoms with E-state index in [-0.39, 0.29) is 24.0 Å². The Kier molecular flexibility index (Phi) is 5.19. The molecule has 5 rings (SSSR count). The van der Waals surface area contributed by atoms with Crippen LogP contribution in [0.5, 0.6) is 5.75 Å². The van der Waals surface area contributed by atoms with Gasteiger partial charge in [-0.1, -0.05) is 0 Å². The third-order valence-corrected chi connectivity index (χ3v) is 5.91. The van der Waals surface area contributed by atoms with Crippen molar-refractivity contribution in [2.45, 2.75) is 25.4 Å². The second kappa shape index (κ2) is 8.15. The summed E-state index contributed by atoms with van der Waals surface area (Å²) in [4.78, 5) is 26.3. The maximum absolute atomic E-state index is 14.7. The Morgan fingerprint density at radius 3 is 2.77 bits per heavy atom. The molecule has 0 aliphatic carbocycles. The van der Waals surface area contributed by atoms with Gasteiger partial charge in [0.15, 0.2) is 5.78 Å². The van der Waals surface area contributed by atoms with E-state index in [9.17, 15) is 14.0 Å². The highest BCUT2D eigenvalue weighted by Crippen LogP contribution is 2.25. The number of aromatic nitrogens is 1. The zero-order chi connectivity index (χ0) is 21.4. The van der Waals surface area contributed by atoms with Crippen molar-refractivity contribution < 1.29 is 18.7 Å². The zero-order valence-electron chi connectivity index (χ0n) is 17.1. The first kappa shape index (κ1) is 19.8. The van der Waals surface area contributed by atoms with Crippen molar-refractivity contribution in [2.75, 3.05) is 31.2 Å². The van der Waals surface area contributed by atoms with E-state index in [1.54, 1.807) is 35.4 Å². The largest absolute Gasteiger partial charge is 0.491 e. The van der Waals surface area contributed by atoms with Crippen molar-refractivity contribution in [1.82, 2.24) is 4.57 Å². The molecule has 1 aromatic heterocycles. The summed E-state index contributed by atoms with van der Waals surface area (Å²) in [6.07, 6.45) is 4.26. The molecule has 0 unspecified atom stereocenters. The monoisotopic (exact) mass is 422 g/mol. The van der Waals surface area contributed by atoms with Crippen molar-refractivity contribution in [3.8, 4) is 11.4 Å². The molecule has 3 aromatic rings. The quantitative estimate of drug-likeness (QED) is 0.630. The molecule has 0 radical (unpaired) electrons. The highest BCUT2D eigenvalue weighted by Gasteiger charge is 2.22. The van der Waals surface area contributed by atoms with E-state index in [4.69, 9.17) is 9.47 Å². The Labute approximate surface area is 178 Å². The second-order valence-corrected chi connectivity index (χ2v) is 8.03. The molecule has 0 N–H and O–H groups in total. The third-order valence-electron chi connectivity index (χ3n) is 5.91. The number of fused-ring (bicyclic) bond motifs is 1. The summed E-state index contributed by atoms with van der Waals surface area (Å²) in [5.41, 5.74) is 0.598. The summed E-state index contributed by atoms with van der Waals surface area (Å²) >= 11 is 0. The SMILES string of the molecule is O=C1CCN(c2ccc(-n3ccc4cc(OC[C@H]5CCCO5)ccc4c3=O)cc2F)C1. The number of benzene rings is 2. The first-order valence-electron chi connectivity index (χ1n) is 10.5. The van der Waals surface area contributed by atoms with Gasteiger partial charge in [-0.25, -0.2) is 4.39 Å². The number of nitrogens with zero attached hydrogens (tertiary/aromatic N) is 2. The lowest BCUT2D eigenvalue weighted by Crippen LogP contribution is -2.22. The van der Waals surface area contributed by atoms with Crippen LogP contribution in [0, 0.1) is 5.82 Å². The number of pyridine rings is 1. The first-order chi connectivity index (χ1) is 15.1. The Morgan fingerprint density at radius 2 is 2.03 bits per heavy atom. The van der Waals surface area contributed by atoms with Gasteiger partial charge in [0.1, 0.15) is 18.2 Å². The molecule has 2 aliphatic rings. The lowest BCUT2D eigenvalue weighted by molar-refractivity contribution is -0.116. The number of Topliss-reactive ketones (excluding diaryl/α,β-unsaturated/α-hetero) is 1. The average Bonchev–Trinajstić information content (AvgIpc) is 3.44. The highest BCUT2D eigenvalue weighted by atomic mass is 19.1. The minimum atomic E-state index is -0.447. The number of halogens is 1. The fourth-order valence-electron chi connectivity index (χ4n) is 4.22. The highest BCUT2D eigenvalue weighted by molar-refractivity contribution is 5.87. The minimum Gasteiger partial charge on any atom is -0.491 e. The van der Waals surface area contributed by atoms with Crippen molar-refractivity contribution in [3.05, 3.63) is 64.8 Å². The standard InChI is InChI=1S/C24H23FN2O4/c25-22-13-17(3-6-23(22)26-9-8-18(28)14-26)27-10-7-16-12-19(4-5-21(16)24(27)29)31-15-20-2-1-11-30-20/h3-7,10,12-13,20H,1-2,8-9,11,14-15H2/t20-/m1/s1. The van der Waals surface area contributed by atoms with Gasteiger partial charge < -0.3 is 14.4 Å². The molecule has 2 fully saturated rings. The number of carbonyl (C=O) groups excluding carboxylic acids is 1. The molecule has 0 amide bonds. The maximum atomic E-state index is 14.7. The van der Waals surface area contributed by atoms with Gasteiger partial charge in [0.25, 0.3) is 5.56 Å². The van der Waals surface area contributed by atoms with Crippen LogP contribution < -0.4 is 15.2 Å². The first-order valence-corrected chi connectivity index (χ1v) is 10.5. The molecular formula is C24H23FN2O4. The Balaban J connectivity index is 1.40. The summed E-state index contributed by atoms with van der Waals surface area (Å²) < 4.78 is 27.6. The Hall–Kier alpha value is -3.19. The van der Waals surface area contributed by atoms with Crippen LogP contribution in [0.2, 0.25) is 0 Å². The summed E-state index contributed by atoms with van der Waals surface area (Å²) in [5.74, 6) is 0.348. The van der Waals surface area contributed by atoms with Gasteiger partial charge in [0.05, 0.1) is 24.0 Å². The summed E-state index contributed by atoms with van der Waals surface area (Å²) in [6, 6.07) is 11.8. The predicted molar refractivity (Wildman–Crippen MR) is 116 cm³/mol. The molecule has 7 heteroatoms. The van der Waals surface area contributed by atoms with E-state index in [0.29, 0.717) is 42.1 Å². The summed E-state index contributed by atoms with van der Waals surface area (Å²) in [5, 5.41) is 1.29. The van der Waals surface area contributed by atoms with Crippen molar-refractivity contribution >= 4 is 22.2 Å². The van der Waals surface area contributed by atoms with Crippen LogP contribution in [0.4, 0.5) is 10.1 Å². The van der Waals surface area contributed by atoms with Gasteiger partial charge in [0.2, 0.25) is 0 Å². The van der Waals surface area contributed by atoms with Gasteiger partial charge >= 0.3 is 0 Å². The molecule has 1 atom stereocenters. The van der Waals surface area contributed by atoms with Crippen molar-refractivity contribution in [2.24, 2.45) is 0 Å². The van der Waals surface area contributed by atoms with E-state index in [1.165, 1.54) is 10.6 Å². The molecule has 0 spiro atoms. The Bertz CT molecular complexity index is 1200. The molecule has 3 heterocycles. The fraction of sp³-hybridized carbons (Fsp3) is 0.333. The van der Waals surface area contributed by atoms with Crippen LogP contribution >= 0.6 is 0 Å². The van der Waals surface area contributed by atoms with Gasteiger partial charge in [-0.2, -0.15) is 0 Å². The predicted octanol–water partition coefficient (Wildman–Crippen LogP) is 3.47. The molecule has 0 bridgehead atoms. The normalized spacial score (nSPS) is 18.8. The minimum absolute atomic E-state index is 0.105. The number of hydrogen-bond donors (Lipinski definition) is 0.